The first-order chi connectivity index (χ1) is 12.1. The third kappa shape index (κ3) is 5.71. The van der Waals surface area contributed by atoms with Crippen LogP contribution in [0.3, 0.4) is 0 Å². The Bertz CT molecular complexity index is 613. The Hall–Kier alpha value is -2.14. The minimum atomic E-state index is -1.27. The number of carbonyl (C=O) groups excluding carboxylic acids is 2. The Morgan fingerprint density at radius 3 is 2.88 bits per heavy atom. The van der Waals surface area contributed by atoms with Gasteiger partial charge >= 0.3 is 0 Å². The van der Waals surface area contributed by atoms with E-state index >= 15 is 0 Å². The van der Waals surface area contributed by atoms with Crippen LogP contribution in [-0.2, 0) is 11.2 Å². The first-order valence-corrected chi connectivity index (χ1v) is 9.13. The van der Waals surface area contributed by atoms with E-state index in [0.29, 0.717) is 18.5 Å². The Morgan fingerprint density at radius 2 is 2.08 bits per heavy atom. The van der Waals surface area contributed by atoms with Crippen LogP contribution in [0.2, 0.25) is 0 Å². The lowest BCUT2D eigenvalue weighted by Crippen LogP contribution is -2.50. The van der Waals surface area contributed by atoms with Crippen LogP contribution in [0.25, 0.3) is 0 Å². The molecule has 0 aromatic heterocycles. The lowest BCUT2D eigenvalue weighted by Gasteiger charge is -2.23. The van der Waals surface area contributed by atoms with Crippen molar-refractivity contribution < 1.29 is 14.7 Å². The van der Waals surface area contributed by atoms with Gasteiger partial charge in [0.25, 0.3) is 11.8 Å². The van der Waals surface area contributed by atoms with Crippen LogP contribution < -0.4 is 10.6 Å². The van der Waals surface area contributed by atoms with E-state index < -0.39 is 18.1 Å². The highest BCUT2D eigenvalue weighted by atomic mass is 16.3. The highest BCUT2D eigenvalue weighted by molar-refractivity contribution is 5.96. The summed E-state index contributed by atoms with van der Waals surface area (Å²) in [5, 5.41) is 15.8. The topological polar surface area (TPSA) is 78.4 Å². The number of benzene rings is 1. The highest BCUT2D eigenvalue weighted by Gasteiger charge is 2.27. The van der Waals surface area contributed by atoms with E-state index in [1.165, 1.54) is 0 Å². The molecule has 0 saturated carbocycles. The molecular weight excluding hydrogens is 316 g/mol. The first kappa shape index (κ1) is 19.2. The van der Waals surface area contributed by atoms with Crippen LogP contribution >= 0.6 is 0 Å². The molecule has 5 heteroatoms. The quantitative estimate of drug-likeness (QED) is 0.737. The molecule has 1 heterocycles. The number of rotatable bonds is 3. The van der Waals surface area contributed by atoms with E-state index in [1.54, 1.807) is 13.0 Å². The summed E-state index contributed by atoms with van der Waals surface area (Å²) in [6.07, 6.45) is 8.25. The molecule has 0 radical (unpaired) electrons. The van der Waals surface area contributed by atoms with Crippen LogP contribution in [0, 0.1) is 0 Å². The third-order valence-electron chi connectivity index (χ3n) is 4.45. The van der Waals surface area contributed by atoms with E-state index in [0.717, 1.165) is 37.7 Å². The number of aryl methyl sites for hydroxylation is 1. The molecular formula is C20H28N2O3. The molecule has 2 rings (SSSR count). The van der Waals surface area contributed by atoms with E-state index in [-0.39, 0.29) is 5.91 Å². The van der Waals surface area contributed by atoms with Crippen LogP contribution in [0.1, 0.15) is 54.9 Å². The molecule has 1 aliphatic heterocycles. The molecule has 0 spiro atoms. The van der Waals surface area contributed by atoms with Crippen molar-refractivity contribution in [2.45, 2.75) is 57.6 Å². The van der Waals surface area contributed by atoms with Gasteiger partial charge in [0.05, 0.1) is 6.04 Å². The molecule has 0 saturated heterocycles. The molecule has 136 valence electrons. The van der Waals surface area contributed by atoms with Gasteiger partial charge in [-0.1, -0.05) is 36.8 Å². The number of amides is 2. The smallest absolute Gasteiger partial charge is 0.251 e. The van der Waals surface area contributed by atoms with Gasteiger partial charge in [-0.05, 0) is 50.7 Å². The Morgan fingerprint density at radius 1 is 1.28 bits per heavy atom. The zero-order valence-electron chi connectivity index (χ0n) is 14.8. The normalized spacial score (nSPS) is 20.2. The minimum Gasteiger partial charge on any atom is -0.381 e. The standard InChI is InChI=1S/C20H28N2O3/c1-2-21-20(25)18(23)17-14-8-6-4-3-5-7-11-15-12-9-10-13-16(15)19(24)22-17/h6,8-10,12-13,17-18,23H,2-5,7,11,14H2,1H3,(H,21,25)(H,22,24)/t17-,18?/m0/s1. The van der Waals surface area contributed by atoms with Crippen molar-refractivity contribution in [1.29, 1.82) is 0 Å². The monoisotopic (exact) mass is 344 g/mol. The molecule has 0 aliphatic carbocycles. The lowest BCUT2D eigenvalue weighted by molar-refractivity contribution is -0.130. The maximum Gasteiger partial charge on any atom is 0.251 e. The maximum absolute atomic E-state index is 12.7. The highest BCUT2D eigenvalue weighted by Crippen LogP contribution is 2.15. The minimum absolute atomic E-state index is 0.239. The molecule has 1 unspecified atom stereocenters. The van der Waals surface area contributed by atoms with Crippen molar-refractivity contribution in [2.75, 3.05) is 6.54 Å². The average molecular weight is 344 g/mol. The summed E-state index contributed by atoms with van der Waals surface area (Å²) in [6.45, 7) is 2.24. The summed E-state index contributed by atoms with van der Waals surface area (Å²) in [5.74, 6) is -0.699. The van der Waals surface area contributed by atoms with Crippen molar-refractivity contribution in [3.05, 3.63) is 47.5 Å². The number of aliphatic hydroxyl groups excluding tert-OH is 1. The van der Waals surface area contributed by atoms with Crippen molar-refractivity contribution in [3.63, 3.8) is 0 Å². The van der Waals surface area contributed by atoms with E-state index in [2.05, 4.69) is 16.7 Å². The lowest BCUT2D eigenvalue weighted by atomic mass is 9.99. The van der Waals surface area contributed by atoms with Gasteiger partial charge in [0.15, 0.2) is 6.10 Å². The Labute approximate surface area is 149 Å². The number of hydrogen-bond donors (Lipinski definition) is 3. The van der Waals surface area contributed by atoms with Gasteiger partial charge < -0.3 is 15.7 Å². The van der Waals surface area contributed by atoms with Crippen LogP contribution in [0.15, 0.2) is 36.4 Å². The van der Waals surface area contributed by atoms with Gasteiger partial charge in [-0.3, -0.25) is 9.59 Å². The number of carbonyl (C=O) groups is 2. The second kappa shape index (κ2) is 9.99. The van der Waals surface area contributed by atoms with Crippen molar-refractivity contribution >= 4 is 11.8 Å². The molecule has 2 atom stereocenters. The molecule has 3 N–H and O–H groups in total. The maximum atomic E-state index is 12.7. The van der Waals surface area contributed by atoms with Gasteiger partial charge in [-0.15, -0.1) is 0 Å². The summed E-state index contributed by atoms with van der Waals surface area (Å²) in [4.78, 5) is 24.7. The SMILES string of the molecule is CCNC(=O)C(O)[C@@H]1CC=CCCCCCc2ccccc2C(=O)N1. The molecule has 5 nitrogen and oxygen atoms in total. The average Bonchev–Trinajstić information content (AvgIpc) is 2.63. The van der Waals surface area contributed by atoms with Gasteiger partial charge in [-0.25, -0.2) is 0 Å². The second-order valence-corrected chi connectivity index (χ2v) is 6.38. The molecule has 25 heavy (non-hydrogen) atoms. The number of hydrogen-bond acceptors (Lipinski definition) is 3. The molecule has 1 aromatic rings. The Kier molecular flexibility index (Phi) is 7.67. The number of aliphatic hydroxyl groups is 1. The van der Waals surface area contributed by atoms with Crippen LogP contribution in [0.4, 0.5) is 0 Å². The second-order valence-electron chi connectivity index (χ2n) is 6.38. The van der Waals surface area contributed by atoms with Crippen LogP contribution in [0.5, 0.6) is 0 Å². The fourth-order valence-electron chi connectivity index (χ4n) is 3.05. The van der Waals surface area contributed by atoms with Crippen molar-refractivity contribution in [1.82, 2.24) is 10.6 Å². The van der Waals surface area contributed by atoms with Crippen LogP contribution in [-0.4, -0.2) is 35.6 Å². The van der Waals surface area contributed by atoms with Crippen molar-refractivity contribution in [2.24, 2.45) is 0 Å². The Balaban J connectivity index is 2.23. The summed E-state index contributed by atoms with van der Waals surface area (Å²) < 4.78 is 0. The predicted molar refractivity (Wildman–Crippen MR) is 98.3 cm³/mol. The molecule has 2 amide bonds. The van der Waals surface area contributed by atoms with Crippen molar-refractivity contribution in [3.8, 4) is 0 Å². The summed E-state index contributed by atoms with van der Waals surface area (Å²) in [5.41, 5.74) is 1.64. The summed E-state index contributed by atoms with van der Waals surface area (Å²) in [7, 11) is 0. The number of likely N-dealkylation sites (N-methyl/N-ethyl adjacent to an activating group) is 1. The van der Waals surface area contributed by atoms with Gasteiger partial charge in [0.1, 0.15) is 0 Å². The fourth-order valence-corrected chi connectivity index (χ4v) is 3.05. The zero-order chi connectivity index (χ0) is 18.1. The van der Waals surface area contributed by atoms with E-state index in [1.807, 2.05) is 24.3 Å². The van der Waals surface area contributed by atoms with Gasteiger partial charge in [0, 0.05) is 12.1 Å². The number of fused-ring (bicyclic) bond motifs is 1. The van der Waals surface area contributed by atoms with E-state index in [9.17, 15) is 14.7 Å². The zero-order valence-corrected chi connectivity index (χ0v) is 14.8. The number of allylic oxidation sites excluding steroid dienone is 1. The first-order valence-electron chi connectivity index (χ1n) is 9.13. The third-order valence-corrected chi connectivity index (χ3v) is 4.45. The predicted octanol–water partition coefficient (Wildman–Crippen LogP) is 2.34. The summed E-state index contributed by atoms with van der Waals surface area (Å²) in [6, 6.07) is 6.90. The van der Waals surface area contributed by atoms with E-state index in [4.69, 9.17) is 0 Å². The fraction of sp³-hybridized carbons (Fsp3) is 0.500. The molecule has 1 aliphatic rings. The summed E-state index contributed by atoms with van der Waals surface area (Å²) >= 11 is 0. The van der Waals surface area contributed by atoms with Gasteiger partial charge in [0.2, 0.25) is 0 Å². The molecule has 0 fully saturated rings. The molecule has 0 bridgehead atoms. The number of nitrogens with one attached hydrogen (secondary N) is 2. The van der Waals surface area contributed by atoms with Gasteiger partial charge in [-0.2, -0.15) is 0 Å². The largest absolute Gasteiger partial charge is 0.381 e. The molecule has 1 aromatic carbocycles.